The van der Waals surface area contributed by atoms with Crippen molar-refractivity contribution in [1.82, 2.24) is 15.2 Å². The van der Waals surface area contributed by atoms with Crippen molar-refractivity contribution in [2.75, 3.05) is 19.7 Å². The van der Waals surface area contributed by atoms with Crippen LogP contribution in [0.2, 0.25) is 15.1 Å². The molecule has 3 rings (SSSR count). The lowest BCUT2D eigenvalue weighted by Crippen LogP contribution is -2.49. The lowest BCUT2D eigenvalue weighted by Gasteiger charge is -2.28. The number of carbonyl (C=O) groups is 1. The van der Waals surface area contributed by atoms with E-state index < -0.39 is 25.2 Å². The van der Waals surface area contributed by atoms with Crippen LogP contribution in [0.5, 0.6) is 5.75 Å². The van der Waals surface area contributed by atoms with Crippen LogP contribution in [0.25, 0.3) is 0 Å². The van der Waals surface area contributed by atoms with Gasteiger partial charge in [0.15, 0.2) is 6.19 Å². The van der Waals surface area contributed by atoms with Gasteiger partial charge in [0.1, 0.15) is 12.4 Å². The predicted molar refractivity (Wildman–Crippen MR) is 132 cm³/mol. The van der Waals surface area contributed by atoms with Gasteiger partial charge in [0.25, 0.3) is 0 Å². The van der Waals surface area contributed by atoms with Gasteiger partial charge in [0.2, 0.25) is 11.9 Å². The molecule has 0 aliphatic carbocycles. The first-order valence-electron chi connectivity index (χ1n) is 10.4. The molecule has 0 fully saturated rings. The molecule has 0 saturated heterocycles. The lowest BCUT2D eigenvalue weighted by molar-refractivity contribution is -0.135. The molecule has 190 valence electrons. The summed E-state index contributed by atoms with van der Waals surface area (Å²) in [5.41, 5.74) is 1.10. The van der Waals surface area contributed by atoms with Crippen molar-refractivity contribution in [3.8, 4) is 11.9 Å². The predicted octanol–water partition coefficient (Wildman–Crippen LogP) is 4.24. The Morgan fingerprint density at radius 2 is 2.03 bits per heavy atom. The fourth-order valence-electron chi connectivity index (χ4n) is 3.51. The molecule has 1 atom stereocenters. The summed E-state index contributed by atoms with van der Waals surface area (Å²) in [5.74, 6) is -0.889. The largest absolute Gasteiger partial charge is 0.433 e. The van der Waals surface area contributed by atoms with Crippen molar-refractivity contribution in [1.29, 1.82) is 5.26 Å². The van der Waals surface area contributed by atoms with E-state index in [1.54, 1.807) is 31.3 Å². The number of hydrogen-bond acceptors (Lipinski definition) is 6. The van der Waals surface area contributed by atoms with Gasteiger partial charge in [0.05, 0.1) is 39.1 Å². The molecule has 0 bridgehead atoms. The number of guanidine groups is 1. The Hall–Kier alpha value is -3.17. The van der Waals surface area contributed by atoms with Gasteiger partial charge in [-0.25, -0.2) is 10.0 Å². The molecule has 0 aromatic heterocycles. The normalized spacial score (nSPS) is 15.5. The summed E-state index contributed by atoms with van der Waals surface area (Å²) in [6.07, 6.45) is 1.76. The Morgan fingerprint density at radius 3 is 2.64 bits per heavy atom. The van der Waals surface area contributed by atoms with Crippen molar-refractivity contribution in [3.05, 3.63) is 57.0 Å². The minimum Gasteiger partial charge on any atom is -0.433 e. The van der Waals surface area contributed by atoms with Gasteiger partial charge in [-0.15, -0.1) is 0 Å². The zero-order chi connectivity index (χ0) is 26.4. The SMILES string of the molecule is CCN(C(=O)CO)[C@H]1CN(C(=Nc2ccc(Cl)c(OC(F)F)c2)NC#N)N=C1c1ccc(Cl)c(Cl)c1. The fraction of sp³-hybridized carbons (Fsp3) is 0.273. The summed E-state index contributed by atoms with van der Waals surface area (Å²) < 4.78 is 29.8. The summed E-state index contributed by atoms with van der Waals surface area (Å²) in [7, 11) is 0. The average molecular weight is 560 g/mol. The standard InChI is InChI=1S/C22H19Cl3F2N6O3/c1-2-32(19(35)10-34)17-9-33(31-20(17)12-3-5-14(23)16(25)7-12)22(29-11-28)30-13-4-6-15(24)18(8-13)36-21(26)27/h3-8,17,21,34H,2,9-10H2,1H3,(H,29,30)/t17-/m0/s1. The Balaban J connectivity index is 2.07. The van der Waals surface area contributed by atoms with Crippen molar-refractivity contribution in [2.45, 2.75) is 19.6 Å². The van der Waals surface area contributed by atoms with E-state index in [9.17, 15) is 23.9 Å². The number of hydrazone groups is 1. The van der Waals surface area contributed by atoms with E-state index in [1.807, 2.05) is 0 Å². The third-order valence-electron chi connectivity index (χ3n) is 5.06. The maximum Gasteiger partial charge on any atom is 0.387 e. The second kappa shape index (κ2) is 12.2. The third-order valence-corrected chi connectivity index (χ3v) is 6.11. The number of alkyl halides is 2. The molecule has 2 aromatic carbocycles. The average Bonchev–Trinajstić information content (AvgIpc) is 3.27. The number of hydrogen-bond donors (Lipinski definition) is 2. The number of carbonyl (C=O) groups excluding carboxylic acids is 1. The Labute approximate surface area is 220 Å². The highest BCUT2D eigenvalue weighted by Gasteiger charge is 2.36. The minimum absolute atomic E-state index is 0.0497. The molecular formula is C22H19Cl3F2N6O3. The van der Waals surface area contributed by atoms with Gasteiger partial charge in [-0.05, 0) is 31.2 Å². The van der Waals surface area contributed by atoms with Gasteiger partial charge >= 0.3 is 6.61 Å². The van der Waals surface area contributed by atoms with Crippen molar-refractivity contribution < 1.29 is 23.4 Å². The molecule has 1 heterocycles. The number of nitriles is 1. The Kier molecular flexibility index (Phi) is 9.28. The number of aliphatic hydroxyl groups excluding tert-OH is 1. The topological polar surface area (TPSA) is 114 Å². The second-order valence-electron chi connectivity index (χ2n) is 7.22. The smallest absolute Gasteiger partial charge is 0.387 e. The quantitative estimate of drug-likeness (QED) is 0.227. The van der Waals surface area contributed by atoms with E-state index >= 15 is 0 Å². The highest BCUT2D eigenvalue weighted by Crippen LogP contribution is 2.31. The molecule has 0 radical (unpaired) electrons. The number of likely N-dealkylation sites (N-methyl/N-ethyl adjacent to an activating group) is 1. The van der Waals surface area contributed by atoms with Gasteiger partial charge in [-0.3, -0.25) is 10.1 Å². The van der Waals surface area contributed by atoms with Crippen LogP contribution in [-0.4, -0.2) is 64.9 Å². The fourth-order valence-corrected chi connectivity index (χ4v) is 3.97. The van der Waals surface area contributed by atoms with Gasteiger partial charge in [0, 0.05) is 18.2 Å². The number of amides is 1. The van der Waals surface area contributed by atoms with Crippen LogP contribution in [0.4, 0.5) is 14.5 Å². The van der Waals surface area contributed by atoms with E-state index in [4.69, 9.17) is 34.8 Å². The molecule has 1 aliphatic heterocycles. The van der Waals surface area contributed by atoms with Crippen LogP contribution in [-0.2, 0) is 4.79 Å². The molecule has 0 spiro atoms. The zero-order valence-electron chi connectivity index (χ0n) is 18.6. The van der Waals surface area contributed by atoms with Crippen LogP contribution >= 0.6 is 34.8 Å². The molecule has 1 aliphatic rings. The van der Waals surface area contributed by atoms with Crippen LogP contribution in [0.3, 0.4) is 0 Å². The Bertz CT molecular complexity index is 1240. The number of aliphatic hydroxyl groups is 1. The van der Waals surface area contributed by atoms with Gasteiger partial charge < -0.3 is 14.7 Å². The third kappa shape index (κ3) is 6.33. The molecule has 2 aromatic rings. The van der Waals surface area contributed by atoms with E-state index in [-0.39, 0.29) is 40.5 Å². The van der Waals surface area contributed by atoms with E-state index in [1.165, 1.54) is 28.1 Å². The van der Waals surface area contributed by atoms with E-state index in [0.29, 0.717) is 16.3 Å². The molecule has 1 amide bonds. The summed E-state index contributed by atoms with van der Waals surface area (Å²) in [6.45, 7) is -1.77. The highest BCUT2D eigenvalue weighted by molar-refractivity contribution is 6.42. The summed E-state index contributed by atoms with van der Waals surface area (Å²) in [4.78, 5) is 18.2. The maximum atomic E-state index is 12.7. The minimum atomic E-state index is -3.10. The molecule has 9 nitrogen and oxygen atoms in total. The van der Waals surface area contributed by atoms with Gasteiger partial charge in [-0.1, -0.05) is 40.9 Å². The number of nitrogens with one attached hydrogen (secondary N) is 1. The first-order valence-corrected chi connectivity index (χ1v) is 11.5. The number of benzene rings is 2. The first-order chi connectivity index (χ1) is 17.2. The monoisotopic (exact) mass is 558 g/mol. The van der Waals surface area contributed by atoms with Crippen LogP contribution < -0.4 is 10.1 Å². The number of aliphatic imine (C=N–C) groups is 1. The second-order valence-corrected chi connectivity index (χ2v) is 8.44. The molecule has 0 unspecified atom stereocenters. The number of rotatable bonds is 7. The Morgan fingerprint density at radius 1 is 1.31 bits per heavy atom. The number of nitrogens with zero attached hydrogens (tertiary/aromatic N) is 5. The van der Waals surface area contributed by atoms with Gasteiger partial charge in [-0.2, -0.15) is 19.1 Å². The van der Waals surface area contributed by atoms with E-state index in [0.717, 1.165) is 0 Å². The molecular weight excluding hydrogens is 541 g/mol. The van der Waals surface area contributed by atoms with Crippen LogP contribution in [0.15, 0.2) is 46.5 Å². The van der Waals surface area contributed by atoms with Crippen LogP contribution in [0, 0.1) is 11.5 Å². The summed E-state index contributed by atoms with van der Waals surface area (Å²) >= 11 is 18.1. The van der Waals surface area contributed by atoms with Crippen molar-refractivity contribution in [2.24, 2.45) is 10.1 Å². The van der Waals surface area contributed by atoms with Crippen LogP contribution in [0.1, 0.15) is 12.5 Å². The first kappa shape index (κ1) is 27.4. The zero-order valence-corrected chi connectivity index (χ0v) is 20.9. The maximum absolute atomic E-state index is 12.7. The molecule has 36 heavy (non-hydrogen) atoms. The van der Waals surface area contributed by atoms with E-state index in [2.05, 4.69) is 20.1 Å². The summed E-state index contributed by atoms with van der Waals surface area (Å²) in [5, 5.41) is 27.6. The number of ether oxygens (including phenoxy) is 1. The molecule has 2 N–H and O–H groups in total. The highest BCUT2D eigenvalue weighted by atomic mass is 35.5. The molecule has 0 saturated carbocycles. The van der Waals surface area contributed by atoms with Crippen molar-refractivity contribution >= 4 is 58.1 Å². The summed E-state index contributed by atoms with van der Waals surface area (Å²) in [6, 6.07) is 8.11. The number of halogens is 5. The van der Waals surface area contributed by atoms with Crippen molar-refractivity contribution in [3.63, 3.8) is 0 Å². The molecule has 14 heteroatoms. The lowest BCUT2D eigenvalue weighted by atomic mass is 10.0.